The van der Waals surface area contributed by atoms with Gasteiger partial charge in [-0.05, 0) is 54.3 Å². The van der Waals surface area contributed by atoms with Crippen LogP contribution in [0.15, 0.2) is 66.7 Å². The minimum absolute atomic E-state index is 0.0583. The van der Waals surface area contributed by atoms with E-state index >= 15 is 0 Å². The van der Waals surface area contributed by atoms with Crippen LogP contribution in [-0.2, 0) is 4.79 Å². The minimum atomic E-state index is -0.833. The average molecular weight is 473 g/mol. The van der Waals surface area contributed by atoms with Gasteiger partial charge in [0.2, 0.25) is 5.95 Å². The first-order valence-electron chi connectivity index (χ1n) is 11.4. The second-order valence-corrected chi connectivity index (χ2v) is 8.54. The van der Waals surface area contributed by atoms with Gasteiger partial charge in [0, 0.05) is 17.3 Å². The van der Waals surface area contributed by atoms with E-state index in [4.69, 9.17) is 9.84 Å². The third kappa shape index (κ3) is 5.78. The third-order valence-electron chi connectivity index (χ3n) is 5.88. The number of nitrogens with zero attached hydrogens (tertiary/aromatic N) is 1. The predicted molar refractivity (Wildman–Crippen MR) is 135 cm³/mol. The number of hydrogen-bond donors (Lipinski definition) is 4. The van der Waals surface area contributed by atoms with Gasteiger partial charge in [0.1, 0.15) is 5.75 Å². The van der Waals surface area contributed by atoms with E-state index in [0.717, 1.165) is 33.6 Å². The molecule has 0 bridgehead atoms. The fraction of sp³-hybridized carbons (Fsp3) is 0.222. The number of anilines is 2. The number of benzene rings is 3. The fourth-order valence-electron chi connectivity index (χ4n) is 3.93. The van der Waals surface area contributed by atoms with Gasteiger partial charge in [0.05, 0.1) is 30.6 Å². The van der Waals surface area contributed by atoms with Crippen molar-refractivity contribution in [1.29, 1.82) is 0 Å². The molecular formula is C27H28N4O4. The molecule has 0 saturated carbocycles. The Balaban J connectivity index is 1.45. The van der Waals surface area contributed by atoms with Crippen molar-refractivity contribution in [2.45, 2.75) is 32.2 Å². The number of rotatable bonds is 9. The van der Waals surface area contributed by atoms with Crippen molar-refractivity contribution in [3.8, 4) is 5.75 Å². The Morgan fingerprint density at radius 2 is 1.80 bits per heavy atom. The zero-order chi connectivity index (χ0) is 24.9. The first-order valence-corrected chi connectivity index (χ1v) is 11.4. The van der Waals surface area contributed by atoms with Crippen molar-refractivity contribution < 1.29 is 19.4 Å². The quantitative estimate of drug-likeness (QED) is 0.260. The molecule has 0 aliphatic carbocycles. The number of amides is 1. The number of fused-ring (bicyclic) bond motifs is 1. The highest BCUT2D eigenvalue weighted by Gasteiger charge is 2.15. The Morgan fingerprint density at radius 3 is 2.57 bits per heavy atom. The molecule has 0 spiro atoms. The normalized spacial score (nSPS) is 12.7. The molecule has 3 aromatic carbocycles. The van der Waals surface area contributed by atoms with E-state index in [1.165, 1.54) is 0 Å². The highest BCUT2D eigenvalue weighted by molar-refractivity contribution is 5.95. The molecular weight excluding hydrogens is 444 g/mol. The Hall–Kier alpha value is -4.33. The fourth-order valence-corrected chi connectivity index (χ4v) is 3.93. The van der Waals surface area contributed by atoms with Crippen molar-refractivity contribution in [2.24, 2.45) is 0 Å². The van der Waals surface area contributed by atoms with Gasteiger partial charge in [-0.3, -0.25) is 9.59 Å². The lowest BCUT2D eigenvalue weighted by molar-refractivity contribution is -0.137. The molecule has 4 N–H and O–H groups in total. The van der Waals surface area contributed by atoms with Crippen LogP contribution < -0.4 is 15.4 Å². The number of methoxy groups -OCH3 is 1. The van der Waals surface area contributed by atoms with Gasteiger partial charge in [0.15, 0.2) is 0 Å². The number of hydrogen-bond acceptors (Lipinski definition) is 5. The molecule has 180 valence electrons. The van der Waals surface area contributed by atoms with Crippen molar-refractivity contribution in [3.63, 3.8) is 0 Å². The zero-order valence-corrected chi connectivity index (χ0v) is 19.8. The Morgan fingerprint density at radius 1 is 1.03 bits per heavy atom. The van der Waals surface area contributed by atoms with Crippen molar-refractivity contribution in [2.75, 3.05) is 12.4 Å². The second-order valence-electron chi connectivity index (χ2n) is 8.54. The minimum Gasteiger partial charge on any atom is -0.497 e. The summed E-state index contributed by atoms with van der Waals surface area (Å²) in [5, 5.41) is 15.3. The summed E-state index contributed by atoms with van der Waals surface area (Å²) in [5.41, 5.74) is 4.72. The first-order chi connectivity index (χ1) is 16.8. The summed E-state index contributed by atoms with van der Waals surface area (Å²) >= 11 is 0. The number of nitrogens with one attached hydrogen (secondary N) is 3. The largest absolute Gasteiger partial charge is 0.497 e. The van der Waals surface area contributed by atoms with Crippen LogP contribution in [0, 0.1) is 0 Å². The lowest BCUT2D eigenvalue weighted by atomic mass is 9.94. The summed E-state index contributed by atoms with van der Waals surface area (Å²) in [5.74, 6) is 0.144. The van der Waals surface area contributed by atoms with Gasteiger partial charge >= 0.3 is 5.97 Å². The van der Waals surface area contributed by atoms with E-state index in [9.17, 15) is 9.59 Å². The summed E-state index contributed by atoms with van der Waals surface area (Å²) in [6.45, 7) is 3.79. The van der Waals surface area contributed by atoms with Crippen LogP contribution in [0.3, 0.4) is 0 Å². The maximum absolute atomic E-state index is 13.0. The van der Waals surface area contributed by atoms with E-state index in [2.05, 4.69) is 20.6 Å². The number of carbonyl (C=O) groups excluding carboxylic acids is 1. The number of aromatic nitrogens is 2. The molecule has 35 heavy (non-hydrogen) atoms. The maximum Gasteiger partial charge on any atom is 0.303 e. The highest BCUT2D eigenvalue weighted by Crippen LogP contribution is 2.25. The smallest absolute Gasteiger partial charge is 0.303 e. The number of aliphatic carboxylic acids is 1. The van der Waals surface area contributed by atoms with Crippen LogP contribution in [0.5, 0.6) is 5.75 Å². The van der Waals surface area contributed by atoms with Crippen molar-refractivity contribution in [1.82, 2.24) is 15.3 Å². The Labute approximate surface area is 203 Å². The van der Waals surface area contributed by atoms with Crippen LogP contribution in [0.4, 0.5) is 11.6 Å². The Kier molecular flexibility index (Phi) is 7.01. The van der Waals surface area contributed by atoms with Gasteiger partial charge in [-0.1, -0.05) is 37.3 Å². The Bertz CT molecular complexity index is 1360. The molecule has 0 aliphatic rings. The van der Waals surface area contributed by atoms with Crippen LogP contribution >= 0.6 is 0 Å². The first kappa shape index (κ1) is 23.8. The number of H-pyrrole nitrogens is 1. The zero-order valence-electron chi connectivity index (χ0n) is 19.8. The van der Waals surface area contributed by atoms with E-state index in [1.54, 1.807) is 19.2 Å². The second kappa shape index (κ2) is 10.3. The molecule has 8 nitrogen and oxygen atoms in total. The number of carboxylic acid groups (broad SMARTS) is 1. The number of imidazole rings is 1. The summed E-state index contributed by atoms with van der Waals surface area (Å²) in [6, 6.07) is 20.2. The van der Waals surface area contributed by atoms with Gasteiger partial charge < -0.3 is 25.5 Å². The molecule has 2 atom stereocenters. The van der Waals surface area contributed by atoms with E-state index in [1.807, 2.05) is 68.4 Å². The number of ether oxygens (including phenoxy) is 1. The van der Waals surface area contributed by atoms with Gasteiger partial charge in [-0.15, -0.1) is 0 Å². The third-order valence-corrected chi connectivity index (χ3v) is 5.88. The summed E-state index contributed by atoms with van der Waals surface area (Å²) in [6.07, 6.45) is 0.0583. The van der Waals surface area contributed by atoms with Crippen LogP contribution in [-0.4, -0.2) is 34.1 Å². The molecule has 4 aromatic rings. The molecule has 8 heteroatoms. The van der Waals surface area contributed by atoms with E-state index in [0.29, 0.717) is 11.5 Å². The molecule has 1 aromatic heterocycles. The molecule has 4 rings (SSSR count). The lowest BCUT2D eigenvalue weighted by Crippen LogP contribution is -2.26. The topological polar surface area (TPSA) is 116 Å². The molecule has 0 saturated heterocycles. The van der Waals surface area contributed by atoms with Gasteiger partial charge in [0.25, 0.3) is 5.91 Å². The summed E-state index contributed by atoms with van der Waals surface area (Å²) in [4.78, 5) is 31.7. The van der Waals surface area contributed by atoms with Crippen LogP contribution in [0.2, 0.25) is 0 Å². The monoisotopic (exact) mass is 472 g/mol. The summed E-state index contributed by atoms with van der Waals surface area (Å²) < 4.78 is 5.25. The molecule has 0 fully saturated rings. The van der Waals surface area contributed by atoms with Crippen LogP contribution in [0.1, 0.15) is 53.7 Å². The standard InChI is InChI=1S/C27H28N4O4/c1-16(12-25(32)33)18-6-4-7-19(13-18)17(2)28-26(34)20-8-5-9-21(14-20)29-27-30-23-11-10-22(35-3)15-24(23)31-27/h4-11,13-17H,12H2,1-3H3,(H,28,34)(H,32,33)(H2,29,30,31). The molecule has 0 radical (unpaired) electrons. The number of carboxylic acids is 1. The predicted octanol–water partition coefficient (Wildman–Crippen LogP) is 5.38. The molecule has 1 amide bonds. The average Bonchev–Trinajstić information content (AvgIpc) is 3.25. The maximum atomic E-state index is 13.0. The molecule has 1 heterocycles. The number of carbonyl (C=O) groups is 2. The molecule has 0 aliphatic heterocycles. The van der Waals surface area contributed by atoms with E-state index in [-0.39, 0.29) is 24.3 Å². The number of aromatic amines is 1. The summed E-state index contributed by atoms with van der Waals surface area (Å²) in [7, 11) is 1.62. The van der Waals surface area contributed by atoms with Crippen molar-refractivity contribution in [3.05, 3.63) is 83.4 Å². The SMILES string of the molecule is COc1ccc2nc(Nc3cccc(C(=O)NC(C)c4cccc(C(C)CC(=O)O)c4)c3)[nH]c2c1. The van der Waals surface area contributed by atoms with E-state index < -0.39 is 5.97 Å². The molecule has 2 unspecified atom stereocenters. The van der Waals surface area contributed by atoms with Gasteiger partial charge in [-0.2, -0.15) is 0 Å². The van der Waals surface area contributed by atoms with Gasteiger partial charge in [-0.25, -0.2) is 4.98 Å². The van der Waals surface area contributed by atoms with Crippen LogP contribution in [0.25, 0.3) is 11.0 Å². The van der Waals surface area contributed by atoms with Crippen molar-refractivity contribution >= 4 is 34.5 Å². The highest BCUT2D eigenvalue weighted by atomic mass is 16.5. The lowest BCUT2D eigenvalue weighted by Gasteiger charge is -2.17.